The van der Waals surface area contributed by atoms with Gasteiger partial charge in [0.25, 0.3) is 5.91 Å². The van der Waals surface area contributed by atoms with E-state index in [1.165, 1.54) is 17.7 Å². The van der Waals surface area contributed by atoms with Gasteiger partial charge >= 0.3 is 0 Å². The van der Waals surface area contributed by atoms with Crippen molar-refractivity contribution in [1.82, 2.24) is 4.90 Å². The van der Waals surface area contributed by atoms with Crippen LogP contribution in [0, 0.1) is 5.82 Å². The maximum absolute atomic E-state index is 13.3. The van der Waals surface area contributed by atoms with Crippen molar-refractivity contribution in [2.24, 2.45) is 0 Å². The predicted molar refractivity (Wildman–Crippen MR) is 92.6 cm³/mol. The Balaban J connectivity index is 1.43. The normalized spacial score (nSPS) is 15.5. The average Bonchev–Trinajstić information content (AvgIpc) is 2.63. The van der Waals surface area contributed by atoms with Crippen LogP contribution >= 0.6 is 0 Å². The molecule has 1 N–H and O–H groups in total. The van der Waals surface area contributed by atoms with Gasteiger partial charge in [-0.1, -0.05) is 36.4 Å². The molecule has 0 bridgehead atoms. The fourth-order valence-electron chi connectivity index (χ4n) is 3.27. The Morgan fingerprint density at radius 3 is 2.50 bits per heavy atom. The standard InChI is InChI=1S/C20H23FN2O/c21-19-10-4-9-18(16-19)20(24)23-14-12-22(13-15-23)11-5-8-17-6-2-1-3-7-17/h1-4,6-7,9-10,16H,5,8,11-15H2/p+1. The Kier molecular flexibility index (Phi) is 5.59. The van der Waals surface area contributed by atoms with Gasteiger partial charge in [-0.25, -0.2) is 4.39 Å². The second kappa shape index (κ2) is 8.06. The van der Waals surface area contributed by atoms with Crippen molar-refractivity contribution in [2.45, 2.75) is 12.8 Å². The molecular formula is C20H24FN2O+. The fraction of sp³-hybridized carbons (Fsp3) is 0.350. The molecule has 1 heterocycles. The largest absolute Gasteiger partial charge is 0.332 e. The van der Waals surface area contributed by atoms with Gasteiger partial charge < -0.3 is 9.80 Å². The number of amides is 1. The van der Waals surface area contributed by atoms with Crippen molar-refractivity contribution >= 4 is 5.91 Å². The Morgan fingerprint density at radius 2 is 1.79 bits per heavy atom. The van der Waals surface area contributed by atoms with Gasteiger partial charge in [0, 0.05) is 12.0 Å². The van der Waals surface area contributed by atoms with Crippen LogP contribution in [0.3, 0.4) is 0 Å². The molecule has 0 unspecified atom stereocenters. The van der Waals surface area contributed by atoms with Crippen molar-refractivity contribution in [3.63, 3.8) is 0 Å². The number of carbonyl (C=O) groups is 1. The third-order valence-corrected chi connectivity index (χ3v) is 4.67. The van der Waals surface area contributed by atoms with Crippen molar-refractivity contribution in [2.75, 3.05) is 32.7 Å². The number of nitrogens with one attached hydrogen (secondary N) is 1. The minimum Gasteiger partial charge on any atom is -0.332 e. The number of nitrogens with zero attached hydrogens (tertiary/aromatic N) is 1. The minimum atomic E-state index is -0.356. The first-order valence-electron chi connectivity index (χ1n) is 8.65. The molecule has 0 atom stereocenters. The smallest absolute Gasteiger partial charge is 0.254 e. The molecule has 1 saturated heterocycles. The minimum absolute atomic E-state index is 0.0576. The molecule has 3 nitrogen and oxygen atoms in total. The predicted octanol–water partition coefficient (Wildman–Crippen LogP) is 1.80. The third-order valence-electron chi connectivity index (χ3n) is 4.67. The first-order valence-corrected chi connectivity index (χ1v) is 8.65. The van der Waals surface area contributed by atoms with Gasteiger partial charge in [-0.05, 0) is 30.2 Å². The summed E-state index contributed by atoms with van der Waals surface area (Å²) in [6.07, 6.45) is 2.27. The zero-order valence-electron chi connectivity index (χ0n) is 13.9. The Morgan fingerprint density at radius 1 is 1.04 bits per heavy atom. The Labute approximate surface area is 142 Å². The number of carbonyl (C=O) groups excluding carboxylic acids is 1. The average molecular weight is 327 g/mol. The molecule has 24 heavy (non-hydrogen) atoms. The molecular weight excluding hydrogens is 303 g/mol. The van der Waals surface area contributed by atoms with E-state index in [0.29, 0.717) is 5.56 Å². The maximum atomic E-state index is 13.3. The maximum Gasteiger partial charge on any atom is 0.254 e. The van der Waals surface area contributed by atoms with Crippen molar-refractivity contribution in [1.29, 1.82) is 0 Å². The van der Waals surface area contributed by atoms with Gasteiger partial charge in [-0.2, -0.15) is 0 Å². The quantitative estimate of drug-likeness (QED) is 0.890. The lowest BCUT2D eigenvalue weighted by Crippen LogP contribution is -3.14. The highest BCUT2D eigenvalue weighted by Crippen LogP contribution is 2.08. The zero-order chi connectivity index (χ0) is 16.8. The van der Waals surface area contributed by atoms with Gasteiger partial charge in [0.2, 0.25) is 0 Å². The SMILES string of the molecule is O=C(c1cccc(F)c1)N1CC[NH+](CCCc2ccccc2)CC1. The van der Waals surface area contributed by atoms with E-state index in [9.17, 15) is 9.18 Å². The highest BCUT2D eigenvalue weighted by molar-refractivity contribution is 5.94. The molecule has 0 aliphatic carbocycles. The number of quaternary nitrogens is 1. The van der Waals surface area contributed by atoms with Crippen LogP contribution in [0.5, 0.6) is 0 Å². The summed E-state index contributed by atoms with van der Waals surface area (Å²) in [5.74, 6) is -0.413. The van der Waals surface area contributed by atoms with E-state index in [4.69, 9.17) is 0 Å². The summed E-state index contributed by atoms with van der Waals surface area (Å²) in [5.41, 5.74) is 1.83. The molecule has 0 spiro atoms. The highest BCUT2D eigenvalue weighted by Gasteiger charge is 2.24. The molecule has 2 aromatic rings. The van der Waals surface area contributed by atoms with Crippen LogP contribution in [0.4, 0.5) is 4.39 Å². The van der Waals surface area contributed by atoms with Gasteiger partial charge in [-0.15, -0.1) is 0 Å². The summed E-state index contributed by atoms with van der Waals surface area (Å²) in [6.45, 7) is 4.56. The summed E-state index contributed by atoms with van der Waals surface area (Å²) in [4.78, 5) is 15.8. The number of aryl methyl sites for hydroxylation is 1. The van der Waals surface area contributed by atoms with Crippen molar-refractivity contribution < 1.29 is 14.1 Å². The number of piperazine rings is 1. The van der Waals surface area contributed by atoms with E-state index in [1.54, 1.807) is 17.0 Å². The van der Waals surface area contributed by atoms with E-state index < -0.39 is 0 Å². The van der Waals surface area contributed by atoms with Crippen molar-refractivity contribution in [3.05, 3.63) is 71.5 Å². The number of benzene rings is 2. The summed E-state index contributed by atoms with van der Waals surface area (Å²) >= 11 is 0. The van der Waals surface area contributed by atoms with E-state index in [2.05, 4.69) is 24.3 Å². The first-order chi connectivity index (χ1) is 11.7. The molecule has 4 heteroatoms. The molecule has 3 rings (SSSR count). The topological polar surface area (TPSA) is 24.8 Å². The molecule has 126 valence electrons. The van der Waals surface area contributed by atoms with Crippen LogP contribution in [0.1, 0.15) is 22.3 Å². The fourth-order valence-corrected chi connectivity index (χ4v) is 3.27. The number of rotatable bonds is 5. The van der Waals surface area contributed by atoms with E-state index in [0.717, 1.165) is 45.6 Å². The van der Waals surface area contributed by atoms with Crippen molar-refractivity contribution in [3.8, 4) is 0 Å². The molecule has 2 aromatic carbocycles. The number of halogens is 1. The lowest BCUT2D eigenvalue weighted by molar-refractivity contribution is -0.904. The summed E-state index contributed by atoms with van der Waals surface area (Å²) in [5, 5.41) is 0. The number of hydrogen-bond acceptors (Lipinski definition) is 1. The Bertz CT molecular complexity index is 666. The van der Waals surface area contributed by atoms with E-state index in [-0.39, 0.29) is 11.7 Å². The molecule has 1 aliphatic heterocycles. The molecule has 1 amide bonds. The van der Waals surface area contributed by atoms with Crippen LogP contribution in [0.15, 0.2) is 54.6 Å². The van der Waals surface area contributed by atoms with Crippen LogP contribution in [-0.2, 0) is 6.42 Å². The van der Waals surface area contributed by atoms with Crippen LogP contribution in [0.2, 0.25) is 0 Å². The summed E-state index contributed by atoms with van der Waals surface area (Å²) in [7, 11) is 0. The molecule has 0 saturated carbocycles. The molecule has 0 radical (unpaired) electrons. The Hall–Kier alpha value is -2.20. The van der Waals surface area contributed by atoms with Gasteiger partial charge in [0.05, 0.1) is 32.7 Å². The van der Waals surface area contributed by atoms with Crippen LogP contribution < -0.4 is 4.90 Å². The third kappa shape index (κ3) is 4.42. The monoisotopic (exact) mass is 327 g/mol. The second-order valence-corrected chi connectivity index (χ2v) is 6.39. The summed E-state index contributed by atoms with van der Waals surface area (Å²) < 4.78 is 13.3. The van der Waals surface area contributed by atoms with Gasteiger partial charge in [-0.3, -0.25) is 4.79 Å². The lowest BCUT2D eigenvalue weighted by Gasteiger charge is -2.32. The van der Waals surface area contributed by atoms with Gasteiger partial charge in [0.1, 0.15) is 5.82 Å². The van der Waals surface area contributed by atoms with Crippen LogP contribution in [-0.4, -0.2) is 43.5 Å². The van der Waals surface area contributed by atoms with Crippen LogP contribution in [0.25, 0.3) is 0 Å². The van der Waals surface area contributed by atoms with Gasteiger partial charge in [0.15, 0.2) is 0 Å². The number of hydrogen-bond donors (Lipinski definition) is 1. The van der Waals surface area contributed by atoms with E-state index >= 15 is 0 Å². The molecule has 0 aromatic heterocycles. The zero-order valence-corrected chi connectivity index (χ0v) is 13.9. The lowest BCUT2D eigenvalue weighted by atomic mass is 10.1. The highest BCUT2D eigenvalue weighted by atomic mass is 19.1. The molecule has 1 fully saturated rings. The van der Waals surface area contributed by atoms with E-state index in [1.807, 2.05) is 11.0 Å². The molecule has 1 aliphatic rings. The first kappa shape index (κ1) is 16.7. The second-order valence-electron chi connectivity index (χ2n) is 6.39. The summed E-state index contributed by atoms with van der Waals surface area (Å²) in [6, 6.07) is 16.5.